The molecule has 2 aromatic heterocycles. The van der Waals surface area contributed by atoms with Gasteiger partial charge in [0.25, 0.3) is 0 Å². The van der Waals surface area contributed by atoms with Crippen LogP contribution < -0.4 is 9.47 Å². The largest absolute Gasteiger partial charge is 0.586 e. The summed E-state index contributed by atoms with van der Waals surface area (Å²) in [6.45, 7) is 0.457. The number of aliphatic hydroxyl groups excluding tert-OH is 1. The Morgan fingerprint density at radius 1 is 0.956 bits per heavy atom. The van der Waals surface area contributed by atoms with Crippen LogP contribution in [-0.2, 0) is 22.6 Å². The molecule has 17 heteroatoms. The standard InChI is InChI=1S/C28H19F6N5O5S/c1-14-36-26(27(30,31)32)12-38(14)20-5-3-15(17-7-19(29)18(13-40)25(10-17)45(2,41)42)8-21(20)39-22(11-35-37-39)16-4-6-23-24(9-16)44-28(33,34)43-23/h3-12,40H,13H2,1-2H3. The van der Waals surface area contributed by atoms with E-state index in [4.69, 9.17) is 0 Å². The van der Waals surface area contributed by atoms with Gasteiger partial charge in [-0.3, -0.25) is 0 Å². The van der Waals surface area contributed by atoms with Crippen LogP contribution in [0, 0.1) is 12.7 Å². The van der Waals surface area contributed by atoms with Crippen molar-refractivity contribution in [3.8, 4) is 45.3 Å². The number of nitrogens with zero attached hydrogens (tertiary/aromatic N) is 5. The highest BCUT2D eigenvalue weighted by Crippen LogP contribution is 2.43. The van der Waals surface area contributed by atoms with Gasteiger partial charge >= 0.3 is 12.5 Å². The lowest BCUT2D eigenvalue weighted by Gasteiger charge is -2.17. The van der Waals surface area contributed by atoms with Crippen molar-refractivity contribution >= 4 is 9.84 Å². The van der Waals surface area contributed by atoms with E-state index in [1.807, 2.05) is 0 Å². The van der Waals surface area contributed by atoms with Gasteiger partial charge in [0.2, 0.25) is 0 Å². The monoisotopic (exact) mass is 651 g/mol. The van der Waals surface area contributed by atoms with E-state index in [9.17, 15) is 35.5 Å². The van der Waals surface area contributed by atoms with E-state index in [0.717, 1.165) is 29.2 Å². The normalized spacial score (nSPS) is 14.2. The topological polar surface area (TPSA) is 121 Å². The number of hydrogen-bond acceptors (Lipinski definition) is 8. The van der Waals surface area contributed by atoms with Gasteiger partial charge in [0.15, 0.2) is 27.0 Å². The van der Waals surface area contributed by atoms with Crippen molar-refractivity contribution in [2.24, 2.45) is 0 Å². The summed E-state index contributed by atoms with van der Waals surface area (Å²) in [6, 6.07) is 10.3. The number of ether oxygens (including phenoxy) is 2. The first-order chi connectivity index (χ1) is 21.1. The van der Waals surface area contributed by atoms with Gasteiger partial charge in [-0.25, -0.2) is 22.5 Å². The molecule has 0 unspecified atom stereocenters. The van der Waals surface area contributed by atoms with Crippen LogP contribution in [0.25, 0.3) is 33.8 Å². The molecule has 1 aliphatic heterocycles. The third-order valence-corrected chi connectivity index (χ3v) is 8.09. The third-order valence-electron chi connectivity index (χ3n) is 6.93. The fraction of sp³-hybridized carbons (Fsp3) is 0.179. The van der Waals surface area contributed by atoms with Crippen LogP contribution in [-0.4, -0.2) is 50.6 Å². The predicted molar refractivity (Wildman–Crippen MR) is 144 cm³/mol. The summed E-state index contributed by atoms with van der Waals surface area (Å²) in [6.07, 6.45) is -5.77. The Labute approximate surface area is 250 Å². The fourth-order valence-electron chi connectivity index (χ4n) is 4.91. The molecule has 0 bridgehead atoms. The molecular weight excluding hydrogens is 632 g/mol. The van der Waals surface area contributed by atoms with Crippen LogP contribution in [0.4, 0.5) is 26.3 Å². The SMILES string of the molecule is Cc1nc(C(F)(F)F)cn1-c1ccc(-c2cc(F)c(CO)c(S(C)(=O)=O)c2)cc1-n1nncc1-c1ccc2c(c1)OC(F)(F)O2. The number of benzene rings is 3. The molecule has 0 spiro atoms. The van der Waals surface area contributed by atoms with Crippen molar-refractivity contribution in [1.82, 2.24) is 24.5 Å². The lowest BCUT2D eigenvalue weighted by molar-refractivity contribution is -0.286. The number of imidazole rings is 1. The van der Waals surface area contributed by atoms with Gasteiger partial charge in [0.1, 0.15) is 11.6 Å². The summed E-state index contributed by atoms with van der Waals surface area (Å²) in [5.41, 5.74) is -0.719. The first-order valence-electron chi connectivity index (χ1n) is 12.8. The Kier molecular flexibility index (Phi) is 6.92. The molecule has 0 aliphatic carbocycles. The molecule has 0 fully saturated rings. The number of aromatic nitrogens is 5. The van der Waals surface area contributed by atoms with Crippen molar-refractivity contribution in [2.45, 2.75) is 30.9 Å². The number of aryl methyl sites for hydroxylation is 1. The Hall–Kier alpha value is -4.90. The molecule has 1 aliphatic rings. The molecule has 10 nitrogen and oxygen atoms in total. The van der Waals surface area contributed by atoms with Gasteiger partial charge in [-0.1, -0.05) is 11.3 Å². The molecule has 1 N–H and O–H groups in total. The van der Waals surface area contributed by atoms with Crippen LogP contribution in [0.1, 0.15) is 17.1 Å². The second-order valence-corrected chi connectivity index (χ2v) is 12.0. The predicted octanol–water partition coefficient (Wildman–Crippen LogP) is 5.47. The van der Waals surface area contributed by atoms with Crippen LogP contribution in [0.3, 0.4) is 0 Å². The summed E-state index contributed by atoms with van der Waals surface area (Å²) < 4.78 is 119. The molecule has 0 atom stereocenters. The van der Waals surface area contributed by atoms with E-state index in [1.54, 1.807) is 0 Å². The van der Waals surface area contributed by atoms with Gasteiger partial charge in [-0.15, -0.1) is 13.9 Å². The highest BCUT2D eigenvalue weighted by atomic mass is 32.2. The zero-order valence-corrected chi connectivity index (χ0v) is 23.8. The van der Waals surface area contributed by atoms with E-state index >= 15 is 4.39 Å². The van der Waals surface area contributed by atoms with Gasteiger partial charge in [-0.2, -0.15) is 13.2 Å². The van der Waals surface area contributed by atoms with Crippen molar-refractivity contribution in [1.29, 1.82) is 0 Å². The minimum Gasteiger partial charge on any atom is -0.395 e. The molecular formula is C28H19F6N5O5S. The number of sulfone groups is 1. The summed E-state index contributed by atoms with van der Waals surface area (Å²) in [7, 11) is -4.00. The molecule has 0 amide bonds. The highest BCUT2D eigenvalue weighted by molar-refractivity contribution is 7.90. The fourth-order valence-corrected chi connectivity index (χ4v) is 5.86. The van der Waals surface area contributed by atoms with Gasteiger partial charge in [-0.05, 0) is 60.5 Å². The van der Waals surface area contributed by atoms with Crippen LogP contribution in [0.15, 0.2) is 65.8 Å². The number of hydrogen-bond donors (Lipinski definition) is 1. The molecule has 0 radical (unpaired) electrons. The summed E-state index contributed by atoms with van der Waals surface area (Å²) in [5.74, 6) is -1.57. The third kappa shape index (κ3) is 5.48. The maximum atomic E-state index is 15.0. The van der Waals surface area contributed by atoms with E-state index in [2.05, 4.69) is 24.8 Å². The number of halogens is 6. The van der Waals surface area contributed by atoms with Crippen LogP contribution in [0.2, 0.25) is 0 Å². The van der Waals surface area contributed by atoms with Gasteiger partial charge in [0.05, 0.1) is 34.8 Å². The van der Waals surface area contributed by atoms with Crippen LogP contribution in [0.5, 0.6) is 11.5 Å². The van der Waals surface area contributed by atoms with Crippen molar-refractivity contribution < 1.29 is 49.3 Å². The summed E-state index contributed by atoms with van der Waals surface area (Å²) in [4.78, 5) is 3.16. The molecule has 234 valence electrons. The zero-order chi connectivity index (χ0) is 32.5. The Morgan fingerprint density at radius 3 is 2.33 bits per heavy atom. The zero-order valence-electron chi connectivity index (χ0n) is 23.0. The van der Waals surface area contributed by atoms with Crippen LogP contribution >= 0.6 is 0 Å². The van der Waals surface area contributed by atoms with Crippen molar-refractivity contribution in [3.63, 3.8) is 0 Å². The molecule has 6 rings (SSSR count). The Morgan fingerprint density at radius 2 is 1.67 bits per heavy atom. The molecule has 45 heavy (non-hydrogen) atoms. The maximum absolute atomic E-state index is 15.0. The number of alkyl halides is 5. The lowest BCUT2D eigenvalue weighted by Crippen LogP contribution is -2.25. The first kappa shape index (κ1) is 30.1. The summed E-state index contributed by atoms with van der Waals surface area (Å²) >= 11 is 0. The number of rotatable bonds is 6. The van der Waals surface area contributed by atoms with E-state index in [-0.39, 0.29) is 51.1 Å². The van der Waals surface area contributed by atoms with Crippen molar-refractivity contribution in [3.05, 3.63) is 83.8 Å². The average molecular weight is 652 g/mol. The second-order valence-electron chi connectivity index (χ2n) is 9.97. The molecule has 0 saturated heterocycles. The minimum absolute atomic E-state index is 0.0546. The highest BCUT2D eigenvalue weighted by Gasteiger charge is 2.43. The molecule has 3 aromatic carbocycles. The molecule has 5 aromatic rings. The number of fused-ring (bicyclic) bond motifs is 1. The summed E-state index contributed by atoms with van der Waals surface area (Å²) in [5, 5.41) is 17.6. The minimum atomic E-state index is -4.77. The Bertz CT molecular complexity index is 2090. The Balaban J connectivity index is 1.57. The lowest BCUT2D eigenvalue weighted by atomic mass is 10.0. The van der Waals surface area contributed by atoms with Gasteiger partial charge in [0, 0.05) is 23.6 Å². The average Bonchev–Trinajstić information content (AvgIpc) is 3.66. The maximum Gasteiger partial charge on any atom is 0.586 e. The number of aliphatic hydroxyl groups is 1. The quantitative estimate of drug-likeness (QED) is 0.240. The van der Waals surface area contributed by atoms with Gasteiger partial charge < -0.3 is 19.1 Å². The first-order valence-corrected chi connectivity index (χ1v) is 14.7. The molecule has 0 saturated carbocycles. The van der Waals surface area contributed by atoms with E-state index in [1.165, 1.54) is 54.2 Å². The van der Waals surface area contributed by atoms with Crippen molar-refractivity contribution in [2.75, 3.05) is 6.26 Å². The van der Waals surface area contributed by atoms with E-state index < -0.39 is 50.9 Å². The van der Waals surface area contributed by atoms with E-state index in [0.29, 0.717) is 0 Å². The smallest absolute Gasteiger partial charge is 0.395 e. The molecule has 3 heterocycles. The second kappa shape index (κ2) is 10.3.